The van der Waals surface area contributed by atoms with Gasteiger partial charge < -0.3 is 0 Å². The van der Waals surface area contributed by atoms with Crippen molar-refractivity contribution in [1.82, 2.24) is 0 Å². The maximum atomic E-state index is 14.0. The van der Waals surface area contributed by atoms with Crippen molar-refractivity contribution in [1.29, 1.82) is 0 Å². The first-order valence-electron chi connectivity index (χ1n) is 10.2. The Bertz CT molecular complexity index is 1050. The summed E-state index contributed by atoms with van der Waals surface area (Å²) in [5.74, 6) is 4.13. The molecule has 0 aliphatic rings. The lowest BCUT2D eigenvalue weighted by Gasteiger charge is -2.01. The summed E-state index contributed by atoms with van der Waals surface area (Å²) >= 11 is 0. The zero-order valence-corrected chi connectivity index (χ0v) is 17.3. The topological polar surface area (TPSA) is 24.7 Å². The van der Waals surface area contributed by atoms with E-state index < -0.39 is 11.6 Å². The van der Waals surface area contributed by atoms with Crippen LogP contribution in [0.15, 0.2) is 70.9 Å². The predicted octanol–water partition coefficient (Wildman–Crippen LogP) is 7.69. The van der Waals surface area contributed by atoms with Gasteiger partial charge in [-0.1, -0.05) is 44.2 Å². The van der Waals surface area contributed by atoms with Crippen LogP contribution in [0.25, 0.3) is 0 Å². The van der Waals surface area contributed by atoms with Crippen LogP contribution in [-0.2, 0) is 12.8 Å². The molecule has 2 nitrogen and oxygen atoms in total. The zero-order chi connectivity index (χ0) is 21.3. The molecule has 0 radical (unpaired) electrons. The number of azo groups is 1. The quantitative estimate of drug-likeness (QED) is 0.298. The molecular weight excluding hydrogens is 378 g/mol. The highest BCUT2D eigenvalue weighted by molar-refractivity contribution is 5.49. The van der Waals surface area contributed by atoms with Gasteiger partial charge in [0, 0.05) is 5.56 Å². The molecule has 4 heteroatoms. The second-order valence-electron chi connectivity index (χ2n) is 7.05. The number of benzene rings is 3. The number of unbranched alkanes of at least 4 members (excludes halogenated alkanes) is 1. The summed E-state index contributed by atoms with van der Waals surface area (Å²) in [7, 11) is 0. The van der Waals surface area contributed by atoms with Gasteiger partial charge in [-0.25, -0.2) is 8.78 Å². The van der Waals surface area contributed by atoms with Crippen LogP contribution in [0.2, 0.25) is 0 Å². The van der Waals surface area contributed by atoms with Crippen molar-refractivity contribution < 1.29 is 8.78 Å². The number of nitrogens with zero attached hydrogens (tertiary/aromatic N) is 2. The lowest BCUT2D eigenvalue weighted by atomic mass is 10.1. The highest BCUT2D eigenvalue weighted by Crippen LogP contribution is 2.20. The molecule has 0 N–H and O–H groups in total. The molecule has 0 spiro atoms. The molecule has 0 unspecified atom stereocenters. The minimum Gasteiger partial charge on any atom is -0.206 e. The van der Waals surface area contributed by atoms with Gasteiger partial charge in [0.05, 0.1) is 16.9 Å². The van der Waals surface area contributed by atoms with Gasteiger partial charge in [-0.2, -0.15) is 10.2 Å². The van der Waals surface area contributed by atoms with Crippen LogP contribution in [0.5, 0.6) is 0 Å². The second-order valence-corrected chi connectivity index (χ2v) is 7.05. The van der Waals surface area contributed by atoms with Crippen molar-refractivity contribution in [3.63, 3.8) is 0 Å². The van der Waals surface area contributed by atoms with E-state index in [-0.39, 0.29) is 5.56 Å². The van der Waals surface area contributed by atoms with Crippen molar-refractivity contribution >= 4 is 11.4 Å². The summed E-state index contributed by atoms with van der Waals surface area (Å²) < 4.78 is 28.1. The Morgan fingerprint density at radius 2 is 1.30 bits per heavy atom. The van der Waals surface area contributed by atoms with Gasteiger partial charge in [-0.3, -0.25) is 0 Å². The molecule has 0 fully saturated rings. The van der Waals surface area contributed by atoms with Crippen LogP contribution in [-0.4, -0.2) is 0 Å². The smallest absolute Gasteiger partial charge is 0.142 e. The maximum absolute atomic E-state index is 14.0. The molecule has 0 aliphatic carbocycles. The molecule has 152 valence electrons. The lowest BCUT2D eigenvalue weighted by Crippen LogP contribution is -1.93. The molecule has 0 aromatic heterocycles. The Balaban J connectivity index is 1.67. The largest absolute Gasteiger partial charge is 0.206 e. The van der Waals surface area contributed by atoms with Gasteiger partial charge >= 0.3 is 0 Å². The highest BCUT2D eigenvalue weighted by Gasteiger charge is 2.08. The molecular formula is C26H24F2N2. The molecule has 0 atom stereocenters. The van der Waals surface area contributed by atoms with Gasteiger partial charge in [-0.05, 0) is 78.9 Å². The van der Waals surface area contributed by atoms with Crippen LogP contribution < -0.4 is 0 Å². The summed E-state index contributed by atoms with van der Waals surface area (Å²) in [4.78, 5) is 0. The first kappa shape index (κ1) is 21.4. The molecule has 0 bridgehead atoms. The van der Waals surface area contributed by atoms with Crippen molar-refractivity contribution in [3.05, 3.63) is 94.6 Å². The van der Waals surface area contributed by atoms with Gasteiger partial charge in [0.1, 0.15) is 11.6 Å². The Morgan fingerprint density at radius 1 is 0.733 bits per heavy atom. The summed E-state index contributed by atoms with van der Waals surface area (Å²) in [6, 6.07) is 17.8. The molecule has 3 rings (SSSR count). The van der Waals surface area contributed by atoms with Crippen molar-refractivity contribution in [2.45, 2.75) is 39.5 Å². The van der Waals surface area contributed by atoms with E-state index in [0.29, 0.717) is 23.2 Å². The number of hydrogen-bond donors (Lipinski definition) is 0. The first-order valence-corrected chi connectivity index (χ1v) is 10.2. The molecule has 30 heavy (non-hydrogen) atoms. The molecule has 0 saturated carbocycles. The highest BCUT2D eigenvalue weighted by atomic mass is 19.1. The molecule has 3 aromatic rings. The Labute approximate surface area is 176 Å². The average molecular weight is 402 g/mol. The third kappa shape index (κ3) is 5.84. The van der Waals surface area contributed by atoms with Gasteiger partial charge in [0.2, 0.25) is 0 Å². The Hall–Kier alpha value is -3.32. The fraction of sp³-hybridized carbons (Fsp3) is 0.231. The van der Waals surface area contributed by atoms with Crippen molar-refractivity contribution in [2.24, 2.45) is 10.2 Å². The fourth-order valence-electron chi connectivity index (χ4n) is 2.92. The number of aryl methyl sites for hydroxylation is 2. The van der Waals surface area contributed by atoms with Crippen molar-refractivity contribution in [3.8, 4) is 11.8 Å². The molecule has 3 aromatic carbocycles. The molecule has 0 aliphatic heterocycles. The van der Waals surface area contributed by atoms with E-state index in [0.717, 1.165) is 12.1 Å². The molecule has 0 saturated heterocycles. The predicted molar refractivity (Wildman–Crippen MR) is 117 cm³/mol. The Morgan fingerprint density at radius 3 is 1.83 bits per heavy atom. The van der Waals surface area contributed by atoms with E-state index in [1.165, 1.54) is 30.5 Å². The number of rotatable bonds is 6. The fourth-order valence-corrected chi connectivity index (χ4v) is 2.92. The van der Waals surface area contributed by atoms with Gasteiger partial charge in [0.25, 0.3) is 0 Å². The standard InChI is InChI=1S/C26H24F2N2/c1-3-5-6-20-7-12-22(13-8-20)29-30-23-14-9-21(10-15-23)11-16-24-25(27)17-19(4-2)18-26(24)28/h7-10,12-15,17-18H,3-6H2,1-2H3. The minimum absolute atomic E-state index is 0.210. The average Bonchev–Trinajstić information content (AvgIpc) is 2.77. The maximum Gasteiger partial charge on any atom is 0.142 e. The van der Waals surface area contributed by atoms with Crippen LogP contribution in [0, 0.1) is 23.5 Å². The van der Waals surface area contributed by atoms with Crippen LogP contribution >= 0.6 is 0 Å². The van der Waals surface area contributed by atoms with E-state index in [1.807, 2.05) is 19.1 Å². The molecule has 0 heterocycles. The van der Waals surface area contributed by atoms with Crippen LogP contribution in [0.3, 0.4) is 0 Å². The van der Waals surface area contributed by atoms with Crippen LogP contribution in [0.4, 0.5) is 20.2 Å². The van der Waals surface area contributed by atoms with E-state index in [1.54, 1.807) is 24.3 Å². The molecule has 0 amide bonds. The monoisotopic (exact) mass is 402 g/mol. The second kappa shape index (κ2) is 10.5. The van der Waals surface area contributed by atoms with E-state index >= 15 is 0 Å². The summed E-state index contributed by atoms with van der Waals surface area (Å²) in [5.41, 5.74) is 3.82. The summed E-state index contributed by atoms with van der Waals surface area (Å²) in [6.07, 6.45) is 4.00. The third-order valence-electron chi connectivity index (χ3n) is 4.75. The first-order chi connectivity index (χ1) is 14.6. The summed E-state index contributed by atoms with van der Waals surface area (Å²) in [5, 5.41) is 8.48. The number of halogens is 2. The van der Waals surface area contributed by atoms with E-state index in [4.69, 9.17) is 0 Å². The minimum atomic E-state index is -0.634. The van der Waals surface area contributed by atoms with Gasteiger partial charge in [-0.15, -0.1) is 0 Å². The Kier molecular flexibility index (Phi) is 7.45. The zero-order valence-electron chi connectivity index (χ0n) is 17.3. The lowest BCUT2D eigenvalue weighted by molar-refractivity contribution is 0.574. The van der Waals surface area contributed by atoms with E-state index in [2.05, 4.69) is 41.1 Å². The SMILES string of the molecule is CCCCc1ccc(N=Nc2ccc(C#Cc3c(F)cc(CC)cc3F)cc2)cc1. The van der Waals surface area contributed by atoms with E-state index in [9.17, 15) is 8.78 Å². The summed E-state index contributed by atoms with van der Waals surface area (Å²) in [6.45, 7) is 4.03. The number of hydrogen-bond acceptors (Lipinski definition) is 2. The van der Waals surface area contributed by atoms with Crippen LogP contribution in [0.1, 0.15) is 48.9 Å². The normalized spacial score (nSPS) is 10.8. The van der Waals surface area contributed by atoms with Crippen molar-refractivity contribution in [2.75, 3.05) is 0 Å². The van der Waals surface area contributed by atoms with Gasteiger partial charge in [0.15, 0.2) is 0 Å². The third-order valence-corrected chi connectivity index (χ3v) is 4.75.